The van der Waals surface area contributed by atoms with Gasteiger partial charge in [0.15, 0.2) is 0 Å². The first-order valence-corrected chi connectivity index (χ1v) is 19.6. The smallest absolute Gasteiger partial charge is 0.0405 e. The Kier molecular flexibility index (Phi) is 11.8. The maximum Gasteiger partial charge on any atom is 0.0405 e. The highest BCUT2D eigenvalue weighted by Gasteiger charge is 2.30. The summed E-state index contributed by atoms with van der Waals surface area (Å²) >= 11 is 0. The van der Waals surface area contributed by atoms with E-state index in [0.717, 1.165) is 11.1 Å². The van der Waals surface area contributed by atoms with E-state index < -0.39 is 0 Å². The largest absolute Gasteiger partial charge is 0.0697 e. The summed E-state index contributed by atoms with van der Waals surface area (Å²) in [4.78, 5) is 0. The van der Waals surface area contributed by atoms with Gasteiger partial charge < -0.3 is 0 Å². The molecular weight excluding hydrogens is 614 g/mol. The topological polar surface area (TPSA) is 0 Å². The third kappa shape index (κ3) is 10.1. The van der Waals surface area contributed by atoms with Crippen LogP contribution in [-0.4, -0.2) is 0 Å². The van der Waals surface area contributed by atoms with Gasteiger partial charge in [0.05, 0.1) is 0 Å². The maximum atomic E-state index is 3.64. The van der Waals surface area contributed by atoms with E-state index >= 15 is 0 Å². The maximum absolute atomic E-state index is 3.64. The van der Waals surface area contributed by atoms with Crippen LogP contribution in [0.15, 0.2) is 48.5 Å². The number of hydrogen-bond donors (Lipinski definition) is 0. The zero-order valence-corrected chi connectivity index (χ0v) is 35.6. The molecule has 48 heavy (non-hydrogen) atoms. The summed E-state index contributed by atoms with van der Waals surface area (Å²) in [7, 11) is 0.801. The van der Waals surface area contributed by atoms with E-state index in [0.29, 0.717) is 17.2 Å². The lowest BCUT2D eigenvalue weighted by atomic mass is 9.75. The fraction of sp³-hybridized carbons (Fsp3) is 0.522. The second-order valence-electron chi connectivity index (χ2n) is 19.7. The van der Waals surface area contributed by atoms with Gasteiger partial charge in [-0.2, -0.15) is 0 Å². The van der Waals surface area contributed by atoms with Gasteiger partial charge in [0.25, 0.3) is 0 Å². The Morgan fingerprint density at radius 1 is 0.375 bits per heavy atom. The van der Waals surface area contributed by atoms with Crippen LogP contribution in [0.4, 0.5) is 0 Å². The van der Waals surface area contributed by atoms with Crippen LogP contribution in [0, 0.1) is 23.2 Å². The van der Waals surface area contributed by atoms with E-state index in [4.69, 9.17) is 0 Å². The van der Waals surface area contributed by atoms with E-state index in [-0.39, 0.29) is 32.5 Å². The van der Waals surface area contributed by atoms with E-state index in [9.17, 15) is 0 Å². The Morgan fingerprint density at radius 2 is 0.625 bits per heavy atom. The molecular formula is C46H64P2. The fourth-order valence-electron chi connectivity index (χ4n) is 5.81. The minimum atomic E-state index is 0.0263. The van der Waals surface area contributed by atoms with Crippen LogP contribution in [0.5, 0.6) is 0 Å². The molecule has 0 aliphatic heterocycles. The normalized spacial score (nSPS) is 13.5. The third-order valence-electron chi connectivity index (χ3n) is 8.94. The molecule has 0 saturated carbocycles. The van der Waals surface area contributed by atoms with Crippen LogP contribution in [0.2, 0.25) is 0 Å². The molecule has 0 saturated heterocycles. The van der Waals surface area contributed by atoms with Gasteiger partial charge in [-0.3, -0.25) is 0 Å². The first-order valence-electron chi connectivity index (χ1n) is 17.6. The summed E-state index contributed by atoms with van der Waals surface area (Å²) in [6.45, 7) is 41.9. The molecule has 0 aliphatic rings. The van der Waals surface area contributed by atoms with Gasteiger partial charge in [0.1, 0.15) is 0 Å². The molecule has 258 valence electrons. The van der Waals surface area contributed by atoms with Gasteiger partial charge in [-0.25, -0.2) is 0 Å². The first-order chi connectivity index (χ1) is 21.6. The van der Waals surface area contributed by atoms with Gasteiger partial charge in [-0.15, -0.1) is 0 Å². The Morgan fingerprint density at radius 3 is 0.833 bits per heavy atom. The summed E-state index contributed by atoms with van der Waals surface area (Å²) in [6.07, 6.45) is 0. The molecule has 2 unspecified atom stereocenters. The lowest BCUT2D eigenvalue weighted by molar-refractivity contribution is 0.553. The fourth-order valence-corrected chi connectivity index (χ4v) is 8.78. The summed E-state index contributed by atoms with van der Waals surface area (Å²) in [5.41, 5.74) is 18.1. The Hall–Kier alpha value is -2.36. The summed E-state index contributed by atoms with van der Waals surface area (Å²) in [6, 6.07) is 18.2. The summed E-state index contributed by atoms with van der Waals surface area (Å²) in [5.74, 6) is 7.14. The van der Waals surface area contributed by atoms with Crippen molar-refractivity contribution in [2.75, 3.05) is 0 Å². The van der Waals surface area contributed by atoms with Crippen molar-refractivity contribution in [1.82, 2.24) is 0 Å². The molecule has 0 radical (unpaired) electrons. The number of rotatable bonds is 2. The van der Waals surface area contributed by atoms with Crippen molar-refractivity contribution in [3.63, 3.8) is 0 Å². The van der Waals surface area contributed by atoms with E-state index in [1.807, 2.05) is 0 Å². The molecule has 0 aliphatic carbocycles. The van der Waals surface area contributed by atoms with Crippen LogP contribution in [-0.2, 0) is 32.5 Å². The summed E-state index contributed by atoms with van der Waals surface area (Å²) < 4.78 is 0. The molecule has 2 heteroatoms. The molecule has 0 spiro atoms. The predicted octanol–water partition coefficient (Wildman–Crippen LogP) is 12.1. The molecule has 3 aromatic carbocycles. The van der Waals surface area contributed by atoms with Crippen LogP contribution >= 0.6 is 17.2 Å². The molecule has 0 aromatic heterocycles. The molecule has 0 N–H and O–H groups in total. The van der Waals surface area contributed by atoms with Crippen molar-refractivity contribution in [3.8, 4) is 23.2 Å². The van der Waals surface area contributed by atoms with Crippen LogP contribution in [0.3, 0.4) is 0 Å². The Balaban J connectivity index is 2.11. The van der Waals surface area contributed by atoms with E-state index in [2.05, 4.69) is 196 Å². The van der Waals surface area contributed by atoms with Crippen molar-refractivity contribution < 1.29 is 0 Å². The van der Waals surface area contributed by atoms with Crippen LogP contribution in [0.25, 0.3) is 0 Å². The standard InChI is InChI=1S/C46H64P2/c1-41(2,3)33-27-35(43(7,8)9)39(36(28-33)44(10,11)12)47-25-23-31-21-19-20-22-32(31)24-26-48-40-37(45(13,14)15)29-34(42(4,5)6)30-38(40)46(16,17)18/h19-22,27-30,47-48H,1-18H3. The van der Waals surface area contributed by atoms with Gasteiger partial charge in [0, 0.05) is 11.1 Å². The molecule has 0 nitrogen and oxygen atoms in total. The van der Waals surface area contributed by atoms with Crippen molar-refractivity contribution in [2.24, 2.45) is 0 Å². The quantitative estimate of drug-likeness (QED) is 0.187. The molecule has 0 fully saturated rings. The highest BCUT2D eigenvalue weighted by molar-refractivity contribution is 7.53. The molecule has 3 aromatic rings. The zero-order valence-electron chi connectivity index (χ0n) is 33.6. The van der Waals surface area contributed by atoms with E-state index in [1.54, 1.807) is 0 Å². The minimum Gasteiger partial charge on any atom is -0.0697 e. The van der Waals surface area contributed by atoms with Crippen molar-refractivity contribution in [3.05, 3.63) is 93.0 Å². The average molecular weight is 679 g/mol. The van der Waals surface area contributed by atoms with Gasteiger partial charge in [-0.1, -0.05) is 184 Å². The number of benzene rings is 3. The molecule has 2 atom stereocenters. The predicted molar refractivity (Wildman–Crippen MR) is 221 cm³/mol. The van der Waals surface area contributed by atoms with Crippen molar-refractivity contribution in [1.29, 1.82) is 0 Å². The highest BCUT2D eigenvalue weighted by Crippen LogP contribution is 2.38. The molecule has 3 rings (SSSR count). The van der Waals surface area contributed by atoms with Gasteiger partial charge >= 0.3 is 0 Å². The second-order valence-corrected chi connectivity index (χ2v) is 21.7. The van der Waals surface area contributed by atoms with Crippen molar-refractivity contribution in [2.45, 2.75) is 157 Å². The SMILES string of the molecule is CC(C)(C)c1cc(C(C)(C)C)c(PC#Cc2ccccc2C#CPc2c(C(C)(C)C)cc(C(C)(C)C)cc2C(C)(C)C)c(C(C)(C)C)c1. The zero-order chi connectivity index (χ0) is 36.7. The Bertz CT molecular complexity index is 1550. The molecule has 0 bridgehead atoms. The van der Waals surface area contributed by atoms with Gasteiger partial charge in [-0.05, 0) is 106 Å². The Labute approximate surface area is 300 Å². The molecule has 0 amide bonds. The minimum absolute atomic E-state index is 0.0263. The first kappa shape index (κ1) is 40.1. The monoisotopic (exact) mass is 678 g/mol. The third-order valence-corrected chi connectivity index (χ3v) is 11.0. The van der Waals surface area contributed by atoms with Gasteiger partial charge in [0.2, 0.25) is 0 Å². The number of hydrogen-bond acceptors (Lipinski definition) is 0. The second kappa shape index (κ2) is 14.1. The lowest BCUT2D eigenvalue weighted by Crippen LogP contribution is -2.30. The van der Waals surface area contributed by atoms with Crippen LogP contribution in [0.1, 0.15) is 169 Å². The highest BCUT2D eigenvalue weighted by atomic mass is 31.1. The van der Waals surface area contributed by atoms with Crippen molar-refractivity contribution >= 4 is 27.8 Å². The average Bonchev–Trinajstić information content (AvgIpc) is 2.90. The van der Waals surface area contributed by atoms with Crippen LogP contribution < -0.4 is 10.6 Å². The molecule has 0 heterocycles. The van der Waals surface area contributed by atoms with E-state index in [1.165, 1.54) is 44.0 Å². The summed E-state index contributed by atoms with van der Waals surface area (Å²) in [5, 5.41) is 2.81. The lowest BCUT2D eigenvalue weighted by Gasteiger charge is -2.33.